The van der Waals surface area contributed by atoms with Crippen LogP contribution in [0.3, 0.4) is 0 Å². The number of carbonyl (C=O) groups excluding carboxylic acids is 1. The standard InChI is InChI=1S/C24H24ClN5O2S/c1-32-13-18-10-29(11-19-7-16-3-4-17(25)8-22(16)33-19)12-23(31)30(18)9-15-2-5-20-21(6-15)27-14-28-24(20)26/h2-8,14,18H,9-13H2,1H3,(H2,26,27,28)/t18-/m1/s1. The molecule has 0 unspecified atom stereocenters. The molecule has 0 bridgehead atoms. The first-order valence-electron chi connectivity index (χ1n) is 10.7. The Balaban J connectivity index is 1.33. The van der Waals surface area contributed by atoms with E-state index in [2.05, 4.69) is 20.9 Å². The molecule has 1 saturated heterocycles. The number of hydrogen-bond donors (Lipinski definition) is 1. The van der Waals surface area contributed by atoms with Gasteiger partial charge in [0.05, 0.1) is 24.7 Å². The van der Waals surface area contributed by atoms with Crippen molar-refractivity contribution in [1.82, 2.24) is 19.8 Å². The number of rotatable bonds is 6. The molecule has 3 heterocycles. The highest BCUT2D eigenvalue weighted by molar-refractivity contribution is 7.19. The van der Waals surface area contributed by atoms with Gasteiger partial charge in [0, 0.05) is 46.7 Å². The van der Waals surface area contributed by atoms with Crippen LogP contribution in [0.25, 0.3) is 21.0 Å². The normalized spacial score (nSPS) is 17.3. The lowest BCUT2D eigenvalue weighted by atomic mass is 10.1. The quantitative estimate of drug-likeness (QED) is 0.449. The van der Waals surface area contributed by atoms with Crippen molar-refractivity contribution in [2.45, 2.75) is 19.1 Å². The van der Waals surface area contributed by atoms with Gasteiger partial charge in [-0.05, 0) is 41.3 Å². The van der Waals surface area contributed by atoms with E-state index in [9.17, 15) is 4.79 Å². The Bertz CT molecular complexity index is 1330. The summed E-state index contributed by atoms with van der Waals surface area (Å²) >= 11 is 7.86. The Labute approximate surface area is 200 Å². The van der Waals surface area contributed by atoms with E-state index in [0.29, 0.717) is 25.5 Å². The molecular formula is C24H24ClN5O2S. The molecule has 1 fully saturated rings. The van der Waals surface area contributed by atoms with Gasteiger partial charge >= 0.3 is 0 Å². The molecule has 2 aromatic heterocycles. The van der Waals surface area contributed by atoms with Gasteiger partial charge in [-0.3, -0.25) is 9.69 Å². The molecule has 0 saturated carbocycles. The van der Waals surface area contributed by atoms with Crippen molar-refractivity contribution in [3.8, 4) is 0 Å². The number of fused-ring (bicyclic) bond motifs is 2. The molecular weight excluding hydrogens is 458 g/mol. The number of halogens is 1. The van der Waals surface area contributed by atoms with Gasteiger partial charge in [0.2, 0.25) is 5.91 Å². The number of anilines is 1. The third kappa shape index (κ3) is 4.65. The number of piperazine rings is 1. The van der Waals surface area contributed by atoms with E-state index in [4.69, 9.17) is 22.1 Å². The predicted octanol–water partition coefficient (Wildman–Crippen LogP) is 3.94. The number of carbonyl (C=O) groups is 1. The Hall–Kier alpha value is -2.78. The van der Waals surface area contributed by atoms with Gasteiger partial charge in [-0.25, -0.2) is 9.97 Å². The molecule has 1 atom stereocenters. The third-order valence-electron chi connectivity index (χ3n) is 5.95. The molecule has 170 valence electrons. The van der Waals surface area contributed by atoms with Crippen molar-refractivity contribution in [2.24, 2.45) is 0 Å². The second kappa shape index (κ2) is 9.23. The van der Waals surface area contributed by atoms with E-state index < -0.39 is 0 Å². The van der Waals surface area contributed by atoms with E-state index in [1.807, 2.05) is 41.3 Å². The summed E-state index contributed by atoms with van der Waals surface area (Å²) < 4.78 is 6.64. The first-order chi connectivity index (χ1) is 16.0. The second-order valence-electron chi connectivity index (χ2n) is 8.31. The number of thiophene rings is 1. The highest BCUT2D eigenvalue weighted by Gasteiger charge is 2.32. The summed E-state index contributed by atoms with van der Waals surface area (Å²) in [5, 5.41) is 2.73. The predicted molar refractivity (Wildman–Crippen MR) is 132 cm³/mol. The highest BCUT2D eigenvalue weighted by atomic mass is 35.5. The largest absolute Gasteiger partial charge is 0.383 e. The van der Waals surface area contributed by atoms with Crippen LogP contribution in [0.4, 0.5) is 5.82 Å². The van der Waals surface area contributed by atoms with Crippen LogP contribution in [0.1, 0.15) is 10.4 Å². The van der Waals surface area contributed by atoms with Crippen molar-refractivity contribution in [1.29, 1.82) is 0 Å². The van der Waals surface area contributed by atoms with Gasteiger partial charge in [0.25, 0.3) is 0 Å². The van der Waals surface area contributed by atoms with Crippen molar-refractivity contribution < 1.29 is 9.53 Å². The molecule has 1 aliphatic rings. The molecule has 2 aromatic carbocycles. The summed E-state index contributed by atoms with van der Waals surface area (Å²) in [5.74, 6) is 0.548. The van der Waals surface area contributed by atoms with Crippen molar-refractivity contribution in [2.75, 3.05) is 32.5 Å². The molecule has 9 heteroatoms. The zero-order chi connectivity index (χ0) is 22.9. The van der Waals surface area contributed by atoms with Crippen molar-refractivity contribution >= 4 is 55.7 Å². The topological polar surface area (TPSA) is 84.6 Å². The Morgan fingerprint density at radius 1 is 1.18 bits per heavy atom. The van der Waals surface area contributed by atoms with Gasteiger partial charge in [-0.1, -0.05) is 23.7 Å². The van der Waals surface area contributed by atoms with Gasteiger partial charge < -0.3 is 15.4 Å². The number of nitrogen functional groups attached to an aromatic ring is 1. The highest BCUT2D eigenvalue weighted by Crippen LogP contribution is 2.30. The molecule has 4 aromatic rings. The summed E-state index contributed by atoms with van der Waals surface area (Å²) in [5.41, 5.74) is 7.72. The average molecular weight is 482 g/mol. The van der Waals surface area contributed by atoms with Crippen molar-refractivity contribution in [3.63, 3.8) is 0 Å². The zero-order valence-electron chi connectivity index (χ0n) is 18.2. The maximum Gasteiger partial charge on any atom is 0.237 e. The fraction of sp³-hybridized carbons (Fsp3) is 0.292. The first-order valence-corrected chi connectivity index (χ1v) is 11.9. The van der Waals surface area contributed by atoms with E-state index in [-0.39, 0.29) is 11.9 Å². The molecule has 0 aliphatic carbocycles. The van der Waals surface area contributed by atoms with Crippen LogP contribution in [0, 0.1) is 0 Å². The zero-order valence-corrected chi connectivity index (χ0v) is 19.8. The first kappa shape index (κ1) is 22.0. The molecule has 1 amide bonds. The Morgan fingerprint density at radius 2 is 2.06 bits per heavy atom. The molecule has 0 spiro atoms. The smallest absolute Gasteiger partial charge is 0.237 e. The summed E-state index contributed by atoms with van der Waals surface area (Å²) in [6.07, 6.45) is 1.46. The van der Waals surface area contributed by atoms with Crippen molar-refractivity contribution in [3.05, 3.63) is 64.3 Å². The van der Waals surface area contributed by atoms with Crippen LogP contribution < -0.4 is 5.73 Å². The van der Waals surface area contributed by atoms with Crippen LogP contribution in [0.5, 0.6) is 0 Å². The minimum absolute atomic E-state index is 0.0359. The maximum atomic E-state index is 13.2. The third-order valence-corrected chi connectivity index (χ3v) is 7.26. The lowest BCUT2D eigenvalue weighted by Crippen LogP contribution is -2.57. The summed E-state index contributed by atoms with van der Waals surface area (Å²) in [4.78, 5) is 26.9. The minimum Gasteiger partial charge on any atom is -0.383 e. The Morgan fingerprint density at radius 3 is 2.91 bits per heavy atom. The number of amides is 1. The fourth-order valence-electron chi connectivity index (χ4n) is 4.40. The van der Waals surface area contributed by atoms with Gasteiger partial charge in [0.15, 0.2) is 0 Å². The van der Waals surface area contributed by atoms with Crippen LogP contribution in [0.15, 0.2) is 48.8 Å². The number of hydrogen-bond acceptors (Lipinski definition) is 7. The molecule has 5 rings (SSSR count). The summed E-state index contributed by atoms with van der Waals surface area (Å²) in [6.45, 7) is 2.83. The molecule has 33 heavy (non-hydrogen) atoms. The number of aromatic nitrogens is 2. The summed E-state index contributed by atoms with van der Waals surface area (Å²) in [6, 6.07) is 13.9. The van der Waals surface area contributed by atoms with Crippen LogP contribution in [-0.4, -0.2) is 58.5 Å². The van der Waals surface area contributed by atoms with Gasteiger partial charge in [-0.15, -0.1) is 11.3 Å². The van der Waals surface area contributed by atoms with E-state index in [1.165, 1.54) is 16.6 Å². The van der Waals surface area contributed by atoms with Crippen LogP contribution >= 0.6 is 22.9 Å². The molecule has 1 aliphatic heterocycles. The number of benzene rings is 2. The fourth-order valence-corrected chi connectivity index (χ4v) is 5.78. The van der Waals surface area contributed by atoms with E-state index in [1.54, 1.807) is 18.4 Å². The lowest BCUT2D eigenvalue weighted by molar-refractivity contribution is -0.142. The second-order valence-corrected chi connectivity index (χ2v) is 9.91. The van der Waals surface area contributed by atoms with E-state index in [0.717, 1.165) is 39.3 Å². The lowest BCUT2D eigenvalue weighted by Gasteiger charge is -2.40. The van der Waals surface area contributed by atoms with Crippen LogP contribution in [-0.2, 0) is 22.6 Å². The monoisotopic (exact) mass is 481 g/mol. The van der Waals surface area contributed by atoms with E-state index >= 15 is 0 Å². The van der Waals surface area contributed by atoms with Crippen LogP contribution in [0.2, 0.25) is 5.02 Å². The minimum atomic E-state index is -0.0359. The molecule has 0 radical (unpaired) electrons. The molecule has 2 N–H and O–H groups in total. The Kier molecular flexibility index (Phi) is 6.16. The number of methoxy groups -OCH3 is 1. The van der Waals surface area contributed by atoms with Gasteiger partial charge in [0.1, 0.15) is 12.1 Å². The maximum absolute atomic E-state index is 13.2. The average Bonchev–Trinajstić information content (AvgIpc) is 3.17. The van der Waals surface area contributed by atoms with Gasteiger partial charge in [-0.2, -0.15) is 0 Å². The summed E-state index contributed by atoms with van der Waals surface area (Å²) in [7, 11) is 1.67. The molecule has 7 nitrogen and oxygen atoms in total. The number of ether oxygens (including phenoxy) is 1. The number of nitrogens with zero attached hydrogens (tertiary/aromatic N) is 4. The SMILES string of the molecule is COC[C@H]1CN(Cc2cc3ccc(Cl)cc3s2)CC(=O)N1Cc1ccc2c(N)ncnc2c1. The number of nitrogens with two attached hydrogens (primary N) is 1.